The zero-order chi connectivity index (χ0) is 18.5. The number of hydrogen-bond acceptors (Lipinski definition) is 5. The zero-order valence-electron chi connectivity index (χ0n) is 15.5. The average Bonchev–Trinajstić information content (AvgIpc) is 3.03. The van der Waals surface area contributed by atoms with Gasteiger partial charge in [0.2, 0.25) is 0 Å². The number of aromatic nitrogens is 3. The maximum atomic E-state index is 12.7. The molecule has 0 spiro atoms. The molecule has 2 heterocycles. The second-order valence-electron chi connectivity index (χ2n) is 6.39. The molecule has 0 saturated carbocycles. The Morgan fingerprint density at radius 1 is 1.41 bits per heavy atom. The summed E-state index contributed by atoms with van der Waals surface area (Å²) in [5.74, 6) is 0.277. The van der Waals surface area contributed by atoms with Crippen LogP contribution >= 0.6 is 24.0 Å². The minimum atomic E-state index is -0.314. The molecule has 1 aromatic heterocycles. The van der Waals surface area contributed by atoms with Gasteiger partial charge in [-0.15, -0.1) is 17.5 Å². The number of halogens is 2. The van der Waals surface area contributed by atoms with Gasteiger partial charge in [-0.1, -0.05) is 23.7 Å². The first-order chi connectivity index (χ1) is 12.6. The van der Waals surface area contributed by atoms with Crippen molar-refractivity contribution in [3.8, 4) is 5.75 Å². The molecule has 0 unspecified atom stereocenters. The summed E-state index contributed by atoms with van der Waals surface area (Å²) in [5.41, 5.74) is 1.63. The Morgan fingerprint density at radius 2 is 2.15 bits per heavy atom. The SMILES string of the molecule is CCCOc1ccc(Cl)cc1NC(=O)c1nnn(C2CCNCC2)c1C.Cl. The Bertz CT molecular complexity index is 775. The smallest absolute Gasteiger partial charge is 0.278 e. The molecule has 0 radical (unpaired) electrons. The highest BCUT2D eigenvalue weighted by Gasteiger charge is 2.23. The summed E-state index contributed by atoms with van der Waals surface area (Å²) in [6.07, 6.45) is 2.84. The van der Waals surface area contributed by atoms with Crippen LogP contribution in [-0.2, 0) is 0 Å². The second-order valence-corrected chi connectivity index (χ2v) is 6.83. The van der Waals surface area contributed by atoms with E-state index in [9.17, 15) is 4.79 Å². The molecule has 0 bridgehead atoms. The van der Waals surface area contributed by atoms with Gasteiger partial charge < -0.3 is 15.4 Å². The number of carbonyl (C=O) groups excluding carboxylic acids is 1. The number of hydrogen-bond donors (Lipinski definition) is 2. The fourth-order valence-electron chi connectivity index (χ4n) is 3.07. The second kappa shape index (κ2) is 9.92. The molecule has 2 aromatic rings. The van der Waals surface area contributed by atoms with Crippen molar-refractivity contribution in [1.82, 2.24) is 20.3 Å². The van der Waals surface area contributed by atoms with Gasteiger partial charge in [-0.05, 0) is 57.5 Å². The van der Waals surface area contributed by atoms with E-state index in [0.29, 0.717) is 28.8 Å². The largest absolute Gasteiger partial charge is 0.491 e. The third-order valence-electron chi connectivity index (χ3n) is 4.45. The number of carbonyl (C=O) groups is 1. The molecule has 1 aromatic carbocycles. The van der Waals surface area contributed by atoms with E-state index >= 15 is 0 Å². The summed E-state index contributed by atoms with van der Waals surface area (Å²) in [6, 6.07) is 5.45. The zero-order valence-corrected chi connectivity index (χ0v) is 17.1. The monoisotopic (exact) mass is 413 g/mol. The van der Waals surface area contributed by atoms with E-state index in [-0.39, 0.29) is 24.4 Å². The van der Waals surface area contributed by atoms with Crippen LogP contribution in [0.15, 0.2) is 18.2 Å². The maximum Gasteiger partial charge on any atom is 0.278 e. The minimum absolute atomic E-state index is 0. The van der Waals surface area contributed by atoms with Crippen molar-refractivity contribution in [2.75, 3.05) is 25.0 Å². The van der Waals surface area contributed by atoms with Crippen LogP contribution in [0.3, 0.4) is 0 Å². The summed E-state index contributed by atoms with van der Waals surface area (Å²) >= 11 is 6.07. The van der Waals surface area contributed by atoms with Crippen molar-refractivity contribution in [3.05, 3.63) is 34.6 Å². The summed E-state index contributed by atoms with van der Waals surface area (Å²) in [7, 11) is 0. The van der Waals surface area contributed by atoms with E-state index in [1.165, 1.54) is 0 Å². The quantitative estimate of drug-likeness (QED) is 0.755. The average molecular weight is 414 g/mol. The molecule has 7 nitrogen and oxygen atoms in total. The summed E-state index contributed by atoms with van der Waals surface area (Å²) in [5, 5.41) is 15.0. The highest BCUT2D eigenvalue weighted by atomic mass is 35.5. The molecular weight excluding hydrogens is 389 g/mol. The summed E-state index contributed by atoms with van der Waals surface area (Å²) in [4.78, 5) is 12.7. The lowest BCUT2D eigenvalue weighted by Gasteiger charge is -2.23. The number of nitrogens with zero attached hydrogens (tertiary/aromatic N) is 3. The number of ether oxygens (including phenoxy) is 1. The first kappa shape index (κ1) is 21.5. The van der Waals surface area contributed by atoms with Crippen LogP contribution in [0.4, 0.5) is 5.69 Å². The summed E-state index contributed by atoms with van der Waals surface area (Å²) in [6.45, 7) is 6.37. The van der Waals surface area contributed by atoms with Crippen LogP contribution in [0.25, 0.3) is 0 Å². The molecule has 3 rings (SSSR count). The van der Waals surface area contributed by atoms with E-state index in [1.54, 1.807) is 18.2 Å². The molecule has 1 aliphatic rings. The molecule has 1 amide bonds. The first-order valence-corrected chi connectivity index (χ1v) is 9.34. The minimum Gasteiger partial charge on any atom is -0.491 e. The molecule has 0 atom stereocenters. The highest BCUT2D eigenvalue weighted by molar-refractivity contribution is 6.31. The van der Waals surface area contributed by atoms with Gasteiger partial charge in [-0.3, -0.25) is 4.79 Å². The molecule has 1 aliphatic heterocycles. The van der Waals surface area contributed by atoms with Crippen LogP contribution in [0.1, 0.15) is 48.4 Å². The number of nitrogens with one attached hydrogen (secondary N) is 2. The van der Waals surface area contributed by atoms with Crippen molar-refractivity contribution in [2.24, 2.45) is 0 Å². The molecule has 2 N–H and O–H groups in total. The van der Waals surface area contributed by atoms with Crippen molar-refractivity contribution >= 4 is 35.6 Å². The van der Waals surface area contributed by atoms with Gasteiger partial charge in [-0.25, -0.2) is 4.68 Å². The lowest BCUT2D eigenvalue weighted by molar-refractivity contribution is 0.102. The van der Waals surface area contributed by atoms with Crippen molar-refractivity contribution < 1.29 is 9.53 Å². The Labute approximate surface area is 170 Å². The third kappa shape index (κ3) is 5.12. The van der Waals surface area contributed by atoms with Gasteiger partial charge in [-0.2, -0.15) is 0 Å². The van der Waals surface area contributed by atoms with Crippen LogP contribution in [-0.4, -0.2) is 40.6 Å². The van der Waals surface area contributed by atoms with Crippen LogP contribution in [0.2, 0.25) is 5.02 Å². The Morgan fingerprint density at radius 3 is 2.85 bits per heavy atom. The van der Waals surface area contributed by atoms with Crippen LogP contribution in [0.5, 0.6) is 5.75 Å². The lowest BCUT2D eigenvalue weighted by atomic mass is 10.1. The van der Waals surface area contributed by atoms with E-state index in [4.69, 9.17) is 16.3 Å². The first-order valence-electron chi connectivity index (χ1n) is 8.96. The van der Waals surface area contributed by atoms with Gasteiger partial charge in [0.15, 0.2) is 5.69 Å². The molecule has 27 heavy (non-hydrogen) atoms. The van der Waals surface area contributed by atoms with Crippen LogP contribution in [0, 0.1) is 6.92 Å². The van der Waals surface area contributed by atoms with E-state index in [2.05, 4.69) is 20.9 Å². The van der Waals surface area contributed by atoms with Gasteiger partial charge in [0.1, 0.15) is 5.75 Å². The fourth-order valence-corrected chi connectivity index (χ4v) is 3.24. The van der Waals surface area contributed by atoms with Crippen molar-refractivity contribution in [3.63, 3.8) is 0 Å². The maximum absolute atomic E-state index is 12.7. The van der Waals surface area contributed by atoms with Gasteiger partial charge in [0.05, 0.1) is 24.0 Å². The lowest BCUT2D eigenvalue weighted by Crippen LogP contribution is -2.30. The Balaban J connectivity index is 0.00000261. The number of benzene rings is 1. The number of piperidine rings is 1. The molecule has 9 heteroatoms. The Kier molecular flexibility index (Phi) is 7.89. The van der Waals surface area contributed by atoms with Crippen molar-refractivity contribution in [1.29, 1.82) is 0 Å². The van der Waals surface area contributed by atoms with E-state index in [1.807, 2.05) is 18.5 Å². The normalized spacial score (nSPS) is 14.5. The molecule has 148 valence electrons. The number of rotatable bonds is 6. The van der Waals surface area contributed by atoms with E-state index < -0.39 is 0 Å². The van der Waals surface area contributed by atoms with Gasteiger partial charge in [0.25, 0.3) is 5.91 Å². The topological polar surface area (TPSA) is 81.1 Å². The number of anilines is 1. The molecular formula is C18H25Cl2N5O2. The van der Waals surface area contributed by atoms with Gasteiger partial charge >= 0.3 is 0 Å². The molecule has 0 aliphatic carbocycles. The molecule has 1 saturated heterocycles. The third-order valence-corrected chi connectivity index (χ3v) is 4.68. The van der Waals surface area contributed by atoms with Gasteiger partial charge in [0, 0.05) is 5.02 Å². The van der Waals surface area contributed by atoms with Crippen molar-refractivity contribution in [2.45, 2.75) is 39.2 Å². The molecule has 1 fully saturated rings. The Hall–Kier alpha value is -1.83. The highest BCUT2D eigenvalue weighted by Crippen LogP contribution is 2.29. The van der Waals surface area contributed by atoms with Crippen LogP contribution < -0.4 is 15.4 Å². The van der Waals surface area contributed by atoms with E-state index in [0.717, 1.165) is 38.0 Å². The summed E-state index contributed by atoms with van der Waals surface area (Å²) < 4.78 is 7.55. The number of amides is 1. The standard InChI is InChI=1S/C18H24ClN5O2.ClH/c1-3-10-26-16-5-4-13(19)11-15(16)21-18(25)17-12(2)24(23-22-17)14-6-8-20-9-7-14;/h4-5,11,14,20H,3,6-10H2,1-2H3,(H,21,25);1H. The fraction of sp³-hybridized carbons (Fsp3) is 0.500. The predicted octanol–water partition coefficient (Wildman–Crippen LogP) is 3.63. The predicted molar refractivity (Wildman–Crippen MR) is 108 cm³/mol.